The third-order valence-electron chi connectivity index (χ3n) is 9.67. The van der Waals surface area contributed by atoms with E-state index in [1.54, 1.807) is 0 Å². The van der Waals surface area contributed by atoms with E-state index in [1.807, 2.05) is 0 Å². The van der Waals surface area contributed by atoms with Crippen LogP contribution in [0.4, 0.5) is 0 Å². The van der Waals surface area contributed by atoms with Crippen LogP contribution in [0.2, 0.25) is 0 Å². The quantitative estimate of drug-likeness (QED) is 0.0370. The molecule has 0 aromatic rings. The Morgan fingerprint density at radius 2 is 0.776 bits per heavy atom. The molecular weight excluding hydrogens is 635 g/mol. The van der Waals surface area contributed by atoms with Crippen LogP contribution in [0.1, 0.15) is 232 Å². The van der Waals surface area contributed by atoms with Gasteiger partial charge in [0.1, 0.15) is 12.7 Å². The van der Waals surface area contributed by atoms with Crippen LogP contribution in [0.3, 0.4) is 0 Å². The average molecular weight is 717 g/mol. The maximum absolute atomic E-state index is 12.5. The second kappa shape index (κ2) is 36.9. The number of rotatable bonds is 39. The number of hydrogen-bond donors (Lipinski definition) is 2. The monoisotopic (exact) mass is 717 g/mol. The van der Waals surface area contributed by atoms with Crippen LogP contribution in [-0.2, 0) is 23.6 Å². The number of carbonyl (C=O) groups is 2. The Bertz CT molecular complexity index is 769. The molecule has 0 aliphatic rings. The van der Waals surface area contributed by atoms with Gasteiger partial charge in [0.2, 0.25) is 0 Å². The fourth-order valence-electron chi connectivity index (χ4n) is 6.49. The van der Waals surface area contributed by atoms with Crippen molar-refractivity contribution in [3.8, 4) is 0 Å². The van der Waals surface area contributed by atoms with Gasteiger partial charge in [-0.25, -0.2) is 0 Å². The van der Waals surface area contributed by atoms with Gasteiger partial charge in [0, 0.05) is 19.0 Å². The highest BCUT2D eigenvalue weighted by Crippen LogP contribution is 2.35. The predicted octanol–water partition coefficient (Wildman–Crippen LogP) is 12.9. The highest BCUT2D eigenvalue weighted by atomic mass is 31.2. The number of unbranched alkanes of at least 4 members (excludes halogenated alkanes) is 28. The number of carbonyl (C=O) groups excluding carboxylic acids is 2. The Kier molecular flexibility index (Phi) is 36.2. The molecule has 0 aromatic heterocycles. The van der Waals surface area contributed by atoms with Crippen molar-refractivity contribution in [1.82, 2.24) is 0 Å². The second-order valence-corrected chi connectivity index (χ2v) is 16.5. The molecule has 0 aliphatic carbocycles. The van der Waals surface area contributed by atoms with Gasteiger partial charge in [-0.2, -0.15) is 0 Å². The molecule has 1 atom stereocenters. The molecule has 2 N–H and O–H groups in total. The zero-order chi connectivity index (χ0) is 36.1. The standard InChI is InChI=1S/C41H81O7P/c1-3-5-7-9-11-13-15-17-19-21-23-25-27-29-31-35-40(42)47-38-39(34-33-37-49(44,45)46)48-41(43)36-32-30-28-26-24-22-20-18-16-14-12-10-8-6-4-2/h39H,3-38H2,1-2H3,(H2,44,45,46)/t39-/m1/s1. The molecule has 8 heteroatoms. The number of hydrogen-bond acceptors (Lipinski definition) is 5. The Morgan fingerprint density at radius 3 is 1.10 bits per heavy atom. The van der Waals surface area contributed by atoms with Gasteiger partial charge < -0.3 is 19.3 Å². The van der Waals surface area contributed by atoms with Crippen molar-refractivity contribution in [2.45, 2.75) is 238 Å². The first-order chi connectivity index (χ1) is 23.8. The lowest BCUT2D eigenvalue weighted by molar-refractivity contribution is -0.159. The van der Waals surface area contributed by atoms with Crippen molar-refractivity contribution in [2.24, 2.45) is 0 Å². The fraction of sp³-hybridized carbons (Fsp3) is 0.951. The van der Waals surface area contributed by atoms with Gasteiger partial charge in [-0.05, 0) is 25.7 Å². The van der Waals surface area contributed by atoms with Gasteiger partial charge in [0.05, 0.1) is 0 Å². The minimum absolute atomic E-state index is 0.0523. The van der Waals surface area contributed by atoms with Crippen molar-refractivity contribution in [3.63, 3.8) is 0 Å². The van der Waals surface area contributed by atoms with Crippen molar-refractivity contribution in [3.05, 3.63) is 0 Å². The molecule has 292 valence electrons. The predicted molar refractivity (Wildman–Crippen MR) is 206 cm³/mol. The lowest BCUT2D eigenvalue weighted by Gasteiger charge is -2.18. The van der Waals surface area contributed by atoms with Crippen LogP contribution >= 0.6 is 7.60 Å². The summed E-state index contributed by atoms with van der Waals surface area (Å²) >= 11 is 0. The Morgan fingerprint density at radius 1 is 0.469 bits per heavy atom. The molecule has 0 unspecified atom stereocenters. The summed E-state index contributed by atoms with van der Waals surface area (Å²) in [5.41, 5.74) is 0. The van der Waals surface area contributed by atoms with Gasteiger partial charge in [0.15, 0.2) is 0 Å². The van der Waals surface area contributed by atoms with E-state index in [2.05, 4.69) is 13.8 Å². The van der Waals surface area contributed by atoms with E-state index in [0.29, 0.717) is 12.8 Å². The molecule has 0 aromatic carbocycles. The summed E-state index contributed by atoms with van der Waals surface area (Å²) in [5.74, 6) is -0.623. The second-order valence-electron chi connectivity index (χ2n) is 14.7. The van der Waals surface area contributed by atoms with Crippen molar-refractivity contribution in [2.75, 3.05) is 12.8 Å². The molecule has 0 bridgehead atoms. The largest absolute Gasteiger partial charge is 0.462 e. The molecule has 0 radical (unpaired) electrons. The van der Waals surface area contributed by atoms with E-state index in [0.717, 1.165) is 38.5 Å². The van der Waals surface area contributed by atoms with Crippen molar-refractivity contribution >= 4 is 19.5 Å². The average Bonchev–Trinajstić information content (AvgIpc) is 3.06. The summed E-state index contributed by atoms with van der Waals surface area (Å²) < 4.78 is 22.3. The van der Waals surface area contributed by atoms with Crippen LogP contribution in [0.15, 0.2) is 0 Å². The van der Waals surface area contributed by atoms with Gasteiger partial charge in [-0.3, -0.25) is 14.2 Å². The number of esters is 2. The minimum Gasteiger partial charge on any atom is -0.462 e. The van der Waals surface area contributed by atoms with E-state index >= 15 is 0 Å². The summed E-state index contributed by atoms with van der Waals surface area (Å²) in [6.07, 6.45) is 38.2. The zero-order valence-corrected chi connectivity index (χ0v) is 33.3. The highest BCUT2D eigenvalue weighted by molar-refractivity contribution is 7.51. The summed E-state index contributed by atoms with van der Waals surface area (Å²) in [5, 5.41) is 0. The summed E-state index contributed by atoms with van der Waals surface area (Å²) in [6.45, 7) is 4.47. The fourth-order valence-corrected chi connectivity index (χ4v) is 7.08. The van der Waals surface area contributed by atoms with Gasteiger partial charge in [-0.1, -0.05) is 194 Å². The van der Waals surface area contributed by atoms with E-state index in [1.165, 1.54) is 154 Å². The summed E-state index contributed by atoms with van der Waals surface area (Å²) in [6, 6.07) is 0. The molecule has 0 spiro atoms. The lowest BCUT2D eigenvalue weighted by atomic mass is 10.0. The third kappa shape index (κ3) is 39.7. The van der Waals surface area contributed by atoms with Crippen LogP contribution < -0.4 is 0 Å². The number of ether oxygens (including phenoxy) is 2. The van der Waals surface area contributed by atoms with Crippen molar-refractivity contribution in [1.29, 1.82) is 0 Å². The lowest BCUT2D eigenvalue weighted by Crippen LogP contribution is -2.25. The first kappa shape index (κ1) is 48.1. The molecule has 0 amide bonds. The molecule has 0 saturated carbocycles. The smallest absolute Gasteiger partial charge is 0.325 e. The maximum Gasteiger partial charge on any atom is 0.325 e. The molecule has 0 rings (SSSR count). The first-order valence-electron chi connectivity index (χ1n) is 21.2. The van der Waals surface area contributed by atoms with Gasteiger partial charge in [-0.15, -0.1) is 0 Å². The first-order valence-corrected chi connectivity index (χ1v) is 23.0. The van der Waals surface area contributed by atoms with E-state index in [9.17, 15) is 23.9 Å². The molecule has 7 nitrogen and oxygen atoms in total. The molecule has 0 saturated heterocycles. The third-order valence-corrected chi connectivity index (χ3v) is 10.6. The maximum atomic E-state index is 12.5. The molecule has 0 heterocycles. The molecular formula is C41H81O7P. The van der Waals surface area contributed by atoms with E-state index < -0.39 is 13.7 Å². The van der Waals surface area contributed by atoms with Crippen LogP contribution in [-0.4, -0.2) is 40.6 Å². The van der Waals surface area contributed by atoms with Crippen LogP contribution in [0.5, 0.6) is 0 Å². The Hall–Kier alpha value is -0.910. The summed E-state index contributed by atoms with van der Waals surface area (Å²) in [7, 11) is -4.13. The summed E-state index contributed by atoms with van der Waals surface area (Å²) in [4.78, 5) is 43.3. The van der Waals surface area contributed by atoms with Crippen LogP contribution in [0.25, 0.3) is 0 Å². The molecule has 49 heavy (non-hydrogen) atoms. The normalized spacial score (nSPS) is 12.3. The Labute approximate surface area is 303 Å². The van der Waals surface area contributed by atoms with Crippen molar-refractivity contribution < 1.29 is 33.4 Å². The van der Waals surface area contributed by atoms with E-state index in [-0.39, 0.29) is 37.5 Å². The van der Waals surface area contributed by atoms with Gasteiger partial charge >= 0.3 is 19.5 Å². The molecule has 0 aliphatic heterocycles. The van der Waals surface area contributed by atoms with E-state index in [4.69, 9.17) is 9.47 Å². The van der Waals surface area contributed by atoms with Crippen LogP contribution in [0, 0.1) is 0 Å². The SMILES string of the molecule is CCCCCCCCCCCCCCCCCC(=O)OC[C@@H](CCCP(=O)(O)O)OC(=O)CCCCCCCCCCCCCCCCC. The Balaban J connectivity index is 3.94. The van der Waals surface area contributed by atoms with Gasteiger partial charge in [0.25, 0.3) is 0 Å². The molecule has 0 fully saturated rings. The topological polar surface area (TPSA) is 110 Å². The minimum atomic E-state index is -4.13. The highest BCUT2D eigenvalue weighted by Gasteiger charge is 2.20. The zero-order valence-electron chi connectivity index (χ0n) is 32.4.